The van der Waals surface area contributed by atoms with Gasteiger partial charge in [-0.15, -0.1) is 5.53 Å². The van der Waals surface area contributed by atoms with Crippen LogP contribution in [0.3, 0.4) is 0 Å². The number of hydrogen-bond donors (Lipinski definition) is 3. The normalized spacial score (nSPS) is 14.5. The van der Waals surface area contributed by atoms with Gasteiger partial charge in [-0.1, -0.05) is 0 Å². The molecule has 0 radical (unpaired) electrons. The van der Waals surface area contributed by atoms with Gasteiger partial charge in [0.1, 0.15) is 12.0 Å². The average molecular weight is 180 g/mol. The van der Waals surface area contributed by atoms with Crippen LogP contribution in [-0.4, -0.2) is 16.0 Å². The van der Waals surface area contributed by atoms with Gasteiger partial charge in [0.05, 0.1) is 0 Å². The Morgan fingerprint density at radius 2 is 2.23 bits per heavy atom. The zero-order valence-electron chi connectivity index (χ0n) is 7.57. The molecule has 0 amide bonds. The number of nitrogens with one attached hydrogen (secondary N) is 2. The molecule has 0 saturated carbocycles. The highest BCUT2D eigenvalue weighted by Crippen LogP contribution is 2.30. The van der Waals surface area contributed by atoms with E-state index in [2.05, 4.69) is 34.8 Å². The van der Waals surface area contributed by atoms with Crippen molar-refractivity contribution in [1.29, 1.82) is 0 Å². The number of fused-ring (bicyclic) bond motifs is 1. The van der Waals surface area contributed by atoms with Crippen molar-refractivity contribution in [3.8, 4) is 0 Å². The third-order valence-corrected chi connectivity index (χ3v) is 1.90. The summed E-state index contributed by atoms with van der Waals surface area (Å²) >= 11 is 0. The van der Waals surface area contributed by atoms with Gasteiger partial charge in [-0.3, -0.25) is 10.4 Å². The molecule has 0 bridgehead atoms. The van der Waals surface area contributed by atoms with E-state index in [9.17, 15) is 0 Å². The third-order valence-electron chi connectivity index (χ3n) is 1.90. The van der Waals surface area contributed by atoms with Gasteiger partial charge in [0, 0.05) is 6.04 Å². The molecule has 1 aromatic heterocycles. The second-order valence-corrected chi connectivity index (χ2v) is 3.16. The van der Waals surface area contributed by atoms with Gasteiger partial charge in [-0.05, 0) is 13.8 Å². The number of nitrogens with two attached hydrogens (primary N) is 1. The first-order chi connectivity index (χ1) is 6.20. The van der Waals surface area contributed by atoms with Gasteiger partial charge >= 0.3 is 0 Å². The SMILES string of the molecule is CC(C)N1NNc2c(N)ncnc21. The molecule has 0 aromatic carbocycles. The number of aromatic nitrogens is 2. The van der Waals surface area contributed by atoms with Crippen LogP contribution in [0.1, 0.15) is 13.8 Å². The standard InChI is InChI=1S/C7H12N6/c1-4(2)13-7-5(11-12-13)6(8)9-3-10-7/h3-4,11-12H,1-2H3,(H2,8,9,10). The first-order valence-corrected chi connectivity index (χ1v) is 4.11. The van der Waals surface area contributed by atoms with Crippen LogP contribution >= 0.6 is 0 Å². The van der Waals surface area contributed by atoms with Gasteiger partial charge in [-0.2, -0.15) is 0 Å². The molecular formula is C7H12N6. The molecule has 1 aliphatic heterocycles. The van der Waals surface area contributed by atoms with E-state index >= 15 is 0 Å². The van der Waals surface area contributed by atoms with Crippen molar-refractivity contribution in [2.24, 2.45) is 0 Å². The minimum atomic E-state index is 0.308. The van der Waals surface area contributed by atoms with Gasteiger partial charge in [0.15, 0.2) is 11.6 Å². The summed E-state index contributed by atoms with van der Waals surface area (Å²) in [7, 11) is 0. The first-order valence-electron chi connectivity index (χ1n) is 4.11. The quantitative estimate of drug-likeness (QED) is 0.569. The number of nitrogens with zero attached hydrogens (tertiary/aromatic N) is 3. The predicted octanol–water partition coefficient (Wildman–Crippen LogP) is 0.119. The molecule has 6 heteroatoms. The molecule has 2 rings (SSSR count). The molecule has 0 aliphatic carbocycles. The maximum atomic E-state index is 5.65. The van der Waals surface area contributed by atoms with Crippen LogP contribution in [0.5, 0.6) is 0 Å². The topological polar surface area (TPSA) is 79.1 Å². The number of hydrogen-bond acceptors (Lipinski definition) is 6. The van der Waals surface area contributed by atoms with Crippen molar-refractivity contribution in [2.75, 3.05) is 16.2 Å². The van der Waals surface area contributed by atoms with Crippen molar-refractivity contribution in [1.82, 2.24) is 15.5 Å². The molecule has 0 fully saturated rings. The minimum absolute atomic E-state index is 0.308. The number of nitrogen functional groups attached to an aromatic ring is 1. The zero-order chi connectivity index (χ0) is 9.42. The van der Waals surface area contributed by atoms with E-state index in [1.165, 1.54) is 6.33 Å². The number of anilines is 3. The summed E-state index contributed by atoms with van der Waals surface area (Å²) in [5, 5.41) is 1.90. The van der Waals surface area contributed by atoms with Crippen molar-refractivity contribution in [3.05, 3.63) is 6.33 Å². The zero-order valence-corrected chi connectivity index (χ0v) is 7.57. The second-order valence-electron chi connectivity index (χ2n) is 3.16. The van der Waals surface area contributed by atoms with E-state index in [-0.39, 0.29) is 0 Å². The van der Waals surface area contributed by atoms with Crippen molar-refractivity contribution in [2.45, 2.75) is 19.9 Å². The fourth-order valence-electron chi connectivity index (χ4n) is 1.23. The lowest BCUT2D eigenvalue weighted by Crippen LogP contribution is -2.41. The van der Waals surface area contributed by atoms with Gasteiger partial charge in [-0.25, -0.2) is 9.97 Å². The highest BCUT2D eigenvalue weighted by molar-refractivity contribution is 5.78. The molecule has 0 unspecified atom stereocenters. The molecule has 6 nitrogen and oxygen atoms in total. The molecule has 1 aliphatic rings. The van der Waals surface area contributed by atoms with E-state index in [0.29, 0.717) is 11.9 Å². The lowest BCUT2D eigenvalue weighted by atomic mass is 10.3. The summed E-state index contributed by atoms with van der Waals surface area (Å²) in [6.45, 7) is 4.12. The maximum absolute atomic E-state index is 5.65. The lowest BCUT2D eigenvalue weighted by molar-refractivity contribution is 0.626. The molecule has 70 valence electrons. The highest BCUT2D eigenvalue weighted by atomic mass is 15.7. The van der Waals surface area contributed by atoms with Crippen molar-refractivity contribution in [3.63, 3.8) is 0 Å². The summed E-state index contributed by atoms with van der Waals surface area (Å²) in [6.07, 6.45) is 1.46. The summed E-state index contributed by atoms with van der Waals surface area (Å²) in [5.74, 6) is 1.25. The Morgan fingerprint density at radius 3 is 2.92 bits per heavy atom. The van der Waals surface area contributed by atoms with E-state index in [0.717, 1.165) is 11.5 Å². The molecule has 1 aromatic rings. The minimum Gasteiger partial charge on any atom is -0.382 e. The smallest absolute Gasteiger partial charge is 0.174 e. The van der Waals surface area contributed by atoms with Gasteiger partial charge < -0.3 is 5.73 Å². The monoisotopic (exact) mass is 180 g/mol. The third kappa shape index (κ3) is 1.15. The Morgan fingerprint density at radius 1 is 1.46 bits per heavy atom. The fourth-order valence-corrected chi connectivity index (χ4v) is 1.23. The van der Waals surface area contributed by atoms with Crippen LogP contribution in [0.15, 0.2) is 6.33 Å². The molecule has 2 heterocycles. The lowest BCUT2D eigenvalue weighted by Gasteiger charge is -2.20. The van der Waals surface area contributed by atoms with E-state index in [1.807, 2.05) is 5.01 Å². The largest absolute Gasteiger partial charge is 0.382 e. The molecule has 0 atom stereocenters. The summed E-state index contributed by atoms with van der Waals surface area (Å²) < 4.78 is 0. The van der Waals surface area contributed by atoms with Crippen LogP contribution in [0.25, 0.3) is 0 Å². The summed E-state index contributed by atoms with van der Waals surface area (Å²) in [6, 6.07) is 0.308. The molecule has 4 N–H and O–H groups in total. The Bertz CT molecular complexity index is 323. The maximum Gasteiger partial charge on any atom is 0.174 e. The molecule has 13 heavy (non-hydrogen) atoms. The summed E-state index contributed by atoms with van der Waals surface area (Å²) in [4.78, 5) is 8.01. The Kier molecular flexibility index (Phi) is 1.70. The van der Waals surface area contributed by atoms with E-state index < -0.39 is 0 Å². The van der Waals surface area contributed by atoms with Crippen LogP contribution in [0.4, 0.5) is 17.3 Å². The van der Waals surface area contributed by atoms with Crippen LogP contribution in [-0.2, 0) is 0 Å². The van der Waals surface area contributed by atoms with Gasteiger partial charge in [0.2, 0.25) is 0 Å². The van der Waals surface area contributed by atoms with E-state index in [4.69, 9.17) is 5.73 Å². The molecule has 0 saturated heterocycles. The van der Waals surface area contributed by atoms with Crippen molar-refractivity contribution < 1.29 is 0 Å². The summed E-state index contributed by atoms with van der Waals surface area (Å²) in [5.41, 5.74) is 12.3. The fraction of sp³-hybridized carbons (Fsp3) is 0.429. The average Bonchev–Trinajstić information content (AvgIpc) is 2.48. The Balaban J connectivity index is 2.43. The second kappa shape index (κ2) is 2.74. The van der Waals surface area contributed by atoms with Crippen LogP contribution < -0.4 is 21.7 Å². The number of rotatable bonds is 1. The first kappa shape index (κ1) is 8.06. The van der Waals surface area contributed by atoms with E-state index in [1.54, 1.807) is 0 Å². The van der Waals surface area contributed by atoms with Crippen molar-refractivity contribution >= 4 is 17.3 Å². The number of hydrazine groups is 2. The molecular weight excluding hydrogens is 168 g/mol. The Labute approximate surface area is 76.1 Å². The molecule has 0 spiro atoms. The highest BCUT2D eigenvalue weighted by Gasteiger charge is 2.24. The van der Waals surface area contributed by atoms with Gasteiger partial charge in [0.25, 0.3) is 0 Å². The van der Waals surface area contributed by atoms with Crippen LogP contribution in [0, 0.1) is 0 Å². The predicted molar refractivity (Wildman–Crippen MR) is 50.8 cm³/mol. The Hall–Kier alpha value is -1.56. The van der Waals surface area contributed by atoms with Crippen LogP contribution in [0.2, 0.25) is 0 Å².